The Morgan fingerprint density at radius 3 is 3.06 bits per heavy atom. The third-order valence-corrected chi connectivity index (χ3v) is 3.60. The summed E-state index contributed by atoms with van der Waals surface area (Å²) >= 11 is 3.37. The quantitative estimate of drug-likeness (QED) is 0.890. The van der Waals surface area contributed by atoms with Crippen LogP contribution in [0.1, 0.15) is 6.42 Å². The molecule has 1 aliphatic rings. The number of anilines is 1. The molecule has 2 rings (SSSR count). The molecule has 0 spiro atoms. The number of carbonyl (C=O) groups excluding carboxylic acids is 1. The van der Waals surface area contributed by atoms with Gasteiger partial charge in [-0.3, -0.25) is 9.69 Å². The van der Waals surface area contributed by atoms with Gasteiger partial charge in [-0.15, -0.1) is 0 Å². The molecular weight excluding hydrogens is 296 g/mol. The molecule has 98 valence electrons. The van der Waals surface area contributed by atoms with Crippen molar-refractivity contribution >= 4 is 27.5 Å². The molecular formula is C13H17BrN2O2. The summed E-state index contributed by atoms with van der Waals surface area (Å²) in [6.07, 6.45) is 0.973. The number of nitrogens with one attached hydrogen (secondary N) is 1. The standard InChI is InChI=1S/C13H17BrN2O2/c14-11-2-1-3-12(6-11)15-13(18)8-16-5-4-10(7-16)9-17/h1-3,6,10,17H,4-5,7-9H2,(H,15,18). The Morgan fingerprint density at radius 2 is 2.39 bits per heavy atom. The molecule has 0 aromatic heterocycles. The van der Waals surface area contributed by atoms with Crippen LogP contribution in [0.5, 0.6) is 0 Å². The Kier molecular flexibility index (Phi) is 4.74. The predicted octanol–water partition coefficient (Wildman–Crippen LogP) is 1.70. The first-order valence-corrected chi connectivity index (χ1v) is 6.85. The van der Waals surface area contributed by atoms with Gasteiger partial charge in [0.15, 0.2) is 0 Å². The number of halogens is 1. The molecule has 1 aliphatic heterocycles. The van der Waals surface area contributed by atoms with Crippen molar-refractivity contribution in [2.45, 2.75) is 6.42 Å². The van der Waals surface area contributed by atoms with Gasteiger partial charge >= 0.3 is 0 Å². The Labute approximate surface area is 115 Å². The molecule has 0 radical (unpaired) electrons. The van der Waals surface area contributed by atoms with Crippen LogP contribution in [0.15, 0.2) is 28.7 Å². The lowest BCUT2D eigenvalue weighted by atomic mass is 10.1. The number of benzene rings is 1. The first-order chi connectivity index (χ1) is 8.67. The van der Waals surface area contributed by atoms with E-state index >= 15 is 0 Å². The topological polar surface area (TPSA) is 52.6 Å². The van der Waals surface area contributed by atoms with Crippen molar-refractivity contribution < 1.29 is 9.90 Å². The van der Waals surface area contributed by atoms with E-state index in [1.54, 1.807) is 0 Å². The number of rotatable bonds is 4. The third kappa shape index (κ3) is 3.80. The lowest BCUT2D eigenvalue weighted by molar-refractivity contribution is -0.117. The zero-order valence-corrected chi connectivity index (χ0v) is 11.7. The van der Waals surface area contributed by atoms with E-state index in [-0.39, 0.29) is 12.5 Å². The van der Waals surface area contributed by atoms with Gasteiger partial charge in [0.2, 0.25) is 5.91 Å². The van der Waals surface area contributed by atoms with Crippen LogP contribution in [0.25, 0.3) is 0 Å². The maximum absolute atomic E-state index is 11.8. The molecule has 4 nitrogen and oxygen atoms in total. The second-order valence-electron chi connectivity index (χ2n) is 4.63. The minimum Gasteiger partial charge on any atom is -0.396 e. The normalized spacial score (nSPS) is 20.0. The Bertz CT molecular complexity index is 425. The van der Waals surface area contributed by atoms with Crippen molar-refractivity contribution in [1.82, 2.24) is 4.90 Å². The van der Waals surface area contributed by atoms with E-state index < -0.39 is 0 Å². The minimum atomic E-state index is -0.00769. The molecule has 1 aromatic rings. The Hall–Kier alpha value is -0.910. The maximum Gasteiger partial charge on any atom is 0.238 e. The molecule has 0 bridgehead atoms. The van der Waals surface area contributed by atoms with Gasteiger partial charge < -0.3 is 10.4 Å². The first kappa shape index (κ1) is 13.5. The van der Waals surface area contributed by atoms with E-state index in [0.29, 0.717) is 12.5 Å². The van der Waals surface area contributed by atoms with Crippen molar-refractivity contribution in [1.29, 1.82) is 0 Å². The number of carbonyl (C=O) groups is 1. The third-order valence-electron chi connectivity index (χ3n) is 3.10. The Morgan fingerprint density at radius 1 is 1.56 bits per heavy atom. The lowest BCUT2D eigenvalue weighted by Gasteiger charge is -2.15. The van der Waals surface area contributed by atoms with Gasteiger partial charge in [0.1, 0.15) is 0 Å². The molecule has 1 unspecified atom stereocenters. The summed E-state index contributed by atoms with van der Waals surface area (Å²) in [4.78, 5) is 13.9. The zero-order chi connectivity index (χ0) is 13.0. The summed E-state index contributed by atoms with van der Waals surface area (Å²) in [5, 5.41) is 11.9. The van der Waals surface area contributed by atoms with Gasteiger partial charge in [-0.1, -0.05) is 22.0 Å². The number of aliphatic hydroxyl groups is 1. The molecule has 1 amide bonds. The van der Waals surface area contributed by atoms with E-state index in [4.69, 9.17) is 5.11 Å². The average Bonchev–Trinajstić information content (AvgIpc) is 2.76. The lowest BCUT2D eigenvalue weighted by Crippen LogP contribution is -2.31. The second-order valence-corrected chi connectivity index (χ2v) is 5.55. The average molecular weight is 313 g/mol. The van der Waals surface area contributed by atoms with Crippen LogP contribution in [-0.4, -0.2) is 42.2 Å². The largest absolute Gasteiger partial charge is 0.396 e. The van der Waals surface area contributed by atoms with Crippen LogP contribution < -0.4 is 5.32 Å². The van der Waals surface area contributed by atoms with Gasteiger partial charge in [0.05, 0.1) is 6.54 Å². The van der Waals surface area contributed by atoms with E-state index in [1.807, 2.05) is 24.3 Å². The second kappa shape index (κ2) is 6.31. The molecule has 5 heteroatoms. The molecule has 0 saturated carbocycles. The van der Waals surface area contributed by atoms with Crippen molar-refractivity contribution in [3.8, 4) is 0 Å². The molecule has 1 saturated heterocycles. The van der Waals surface area contributed by atoms with Crippen molar-refractivity contribution in [2.24, 2.45) is 5.92 Å². The van der Waals surface area contributed by atoms with Gasteiger partial charge in [-0.2, -0.15) is 0 Å². The minimum absolute atomic E-state index is 0.00769. The summed E-state index contributed by atoms with van der Waals surface area (Å²) in [5.74, 6) is 0.315. The highest BCUT2D eigenvalue weighted by atomic mass is 79.9. The van der Waals surface area contributed by atoms with Crippen molar-refractivity contribution in [3.63, 3.8) is 0 Å². The van der Waals surface area contributed by atoms with E-state index in [2.05, 4.69) is 26.1 Å². The molecule has 1 atom stereocenters. The fourth-order valence-electron chi connectivity index (χ4n) is 2.18. The number of likely N-dealkylation sites (tertiary alicyclic amines) is 1. The van der Waals surface area contributed by atoms with Crippen molar-refractivity contribution in [3.05, 3.63) is 28.7 Å². The molecule has 1 heterocycles. The predicted molar refractivity (Wildman–Crippen MR) is 74.4 cm³/mol. The molecule has 18 heavy (non-hydrogen) atoms. The van der Waals surface area contributed by atoms with Gasteiger partial charge in [-0.05, 0) is 37.1 Å². The molecule has 1 fully saturated rings. The van der Waals surface area contributed by atoms with Crippen LogP contribution in [0, 0.1) is 5.92 Å². The van der Waals surface area contributed by atoms with E-state index in [1.165, 1.54) is 0 Å². The van der Waals surface area contributed by atoms with Crippen LogP contribution >= 0.6 is 15.9 Å². The fraction of sp³-hybridized carbons (Fsp3) is 0.462. The highest BCUT2D eigenvalue weighted by molar-refractivity contribution is 9.10. The summed E-state index contributed by atoms with van der Waals surface area (Å²) in [7, 11) is 0. The summed E-state index contributed by atoms with van der Waals surface area (Å²) in [5.41, 5.74) is 0.798. The van der Waals surface area contributed by atoms with Crippen LogP contribution in [-0.2, 0) is 4.79 Å². The van der Waals surface area contributed by atoms with Crippen LogP contribution in [0.2, 0.25) is 0 Å². The van der Waals surface area contributed by atoms with Crippen molar-refractivity contribution in [2.75, 3.05) is 31.6 Å². The summed E-state index contributed by atoms with van der Waals surface area (Å²) in [6, 6.07) is 7.54. The first-order valence-electron chi connectivity index (χ1n) is 6.06. The molecule has 2 N–H and O–H groups in total. The number of hydrogen-bond acceptors (Lipinski definition) is 3. The molecule has 1 aromatic carbocycles. The van der Waals surface area contributed by atoms with Crippen LogP contribution in [0.4, 0.5) is 5.69 Å². The van der Waals surface area contributed by atoms with E-state index in [9.17, 15) is 4.79 Å². The molecule has 0 aliphatic carbocycles. The van der Waals surface area contributed by atoms with Crippen LogP contribution in [0.3, 0.4) is 0 Å². The van der Waals surface area contributed by atoms with Gasteiger partial charge in [-0.25, -0.2) is 0 Å². The SMILES string of the molecule is O=C(CN1CCC(CO)C1)Nc1cccc(Br)c1. The van der Waals surface area contributed by atoms with Gasteiger partial charge in [0.25, 0.3) is 0 Å². The Balaban J connectivity index is 1.82. The maximum atomic E-state index is 11.8. The summed E-state index contributed by atoms with van der Waals surface area (Å²) in [6.45, 7) is 2.30. The van der Waals surface area contributed by atoms with E-state index in [0.717, 1.165) is 29.7 Å². The summed E-state index contributed by atoms with van der Waals surface area (Å²) < 4.78 is 0.946. The number of nitrogens with zero attached hydrogens (tertiary/aromatic N) is 1. The fourth-order valence-corrected chi connectivity index (χ4v) is 2.57. The highest BCUT2D eigenvalue weighted by Crippen LogP contribution is 2.17. The number of aliphatic hydroxyl groups excluding tert-OH is 1. The zero-order valence-electron chi connectivity index (χ0n) is 10.1. The number of amides is 1. The van der Waals surface area contributed by atoms with Gasteiger partial charge in [0, 0.05) is 23.3 Å². The highest BCUT2D eigenvalue weighted by Gasteiger charge is 2.23. The number of hydrogen-bond donors (Lipinski definition) is 2. The monoisotopic (exact) mass is 312 g/mol. The smallest absolute Gasteiger partial charge is 0.238 e.